The van der Waals surface area contributed by atoms with E-state index in [0.717, 1.165) is 0 Å². The van der Waals surface area contributed by atoms with Gasteiger partial charge in [-0.25, -0.2) is 9.18 Å². The molecule has 26 heavy (non-hydrogen) atoms. The number of carbonyl (C=O) groups is 1. The molecule has 0 saturated heterocycles. The van der Waals surface area contributed by atoms with Crippen molar-refractivity contribution in [2.24, 2.45) is 0 Å². The number of hydrogen-bond acceptors (Lipinski definition) is 4. The summed E-state index contributed by atoms with van der Waals surface area (Å²) in [5, 5.41) is 2.81. The third-order valence-electron chi connectivity index (χ3n) is 3.85. The van der Waals surface area contributed by atoms with Crippen LogP contribution in [0.1, 0.15) is 12.5 Å². The predicted octanol–water partition coefficient (Wildman–Crippen LogP) is 3.91. The smallest absolute Gasteiger partial charge is 0.322 e. The van der Waals surface area contributed by atoms with E-state index in [9.17, 15) is 9.18 Å². The van der Waals surface area contributed by atoms with Crippen LogP contribution in [0.15, 0.2) is 36.4 Å². The number of carbonyl (C=O) groups excluding carboxylic acids is 1. The average molecular weight is 362 g/mol. The maximum absolute atomic E-state index is 13.3. The Morgan fingerprint density at radius 3 is 2.23 bits per heavy atom. The highest BCUT2D eigenvalue weighted by atomic mass is 19.1. The molecule has 6 nitrogen and oxygen atoms in total. The van der Waals surface area contributed by atoms with Gasteiger partial charge in [0.05, 0.1) is 27.0 Å². The predicted molar refractivity (Wildman–Crippen MR) is 97.6 cm³/mol. The first-order valence-electron chi connectivity index (χ1n) is 8.12. The van der Waals surface area contributed by atoms with Gasteiger partial charge in [0.2, 0.25) is 5.75 Å². The zero-order chi connectivity index (χ0) is 19.1. The van der Waals surface area contributed by atoms with Gasteiger partial charge in [0.25, 0.3) is 0 Å². The lowest BCUT2D eigenvalue weighted by Crippen LogP contribution is -2.34. The summed E-state index contributed by atoms with van der Waals surface area (Å²) in [5.74, 6) is 0.995. The minimum Gasteiger partial charge on any atom is -0.493 e. The fourth-order valence-corrected chi connectivity index (χ4v) is 2.54. The Labute approximate surface area is 152 Å². The number of halogens is 1. The molecule has 0 saturated carbocycles. The van der Waals surface area contributed by atoms with Crippen molar-refractivity contribution in [1.29, 1.82) is 0 Å². The van der Waals surface area contributed by atoms with E-state index in [4.69, 9.17) is 14.2 Å². The average Bonchev–Trinajstić information content (AvgIpc) is 2.65. The van der Waals surface area contributed by atoms with Crippen LogP contribution in [0.3, 0.4) is 0 Å². The molecule has 2 aromatic carbocycles. The summed E-state index contributed by atoms with van der Waals surface area (Å²) in [5.41, 5.74) is 1.22. The van der Waals surface area contributed by atoms with Crippen LogP contribution in [-0.4, -0.2) is 38.8 Å². The van der Waals surface area contributed by atoms with Crippen molar-refractivity contribution in [2.45, 2.75) is 13.5 Å². The normalized spacial score (nSPS) is 10.2. The van der Waals surface area contributed by atoms with Gasteiger partial charge < -0.3 is 24.4 Å². The Bertz CT molecular complexity index is 742. The lowest BCUT2D eigenvalue weighted by atomic mass is 10.2. The maximum Gasteiger partial charge on any atom is 0.322 e. The molecule has 0 spiro atoms. The number of nitrogens with one attached hydrogen (secondary N) is 1. The van der Waals surface area contributed by atoms with Crippen molar-refractivity contribution in [1.82, 2.24) is 4.90 Å². The quantitative estimate of drug-likeness (QED) is 0.811. The molecular formula is C19H23FN2O4. The molecule has 0 radical (unpaired) electrons. The van der Waals surface area contributed by atoms with Gasteiger partial charge in [0.1, 0.15) is 5.82 Å². The van der Waals surface area contributed by atoms with Crippen LogP contribution in [-0.2, 0) is 6.54 Å². The fourth-order valence-electron chi connectivity index (χ4n) is 2.54. The third-order valence-corrected chi connectivity index (χ3v) is 3.85. The van der Waals surface area contributed by atoms with Crippen LogP contribution in [0.4, 0.5) is 14.9 Å². The molecule has 1 N–H and O–H groups in total. The number of ether oxygens (including phenoxy) is 3. The number of hydrogen-bond donors (Lipinski definition) is 1. The van der Waals surface area contributed by atoms with Crippen LogP contribution in [0.2, 0.25) is 0 Å². The van der Waals surface area contributed by atoms with Crippen molar-refractivity contribution >= 4 is 11.7 Å². The number of amides is 2. The molecule has 2 rings (SSSR count). The molecule has 0 aliphatic rings. The molecule has 0 aromatic heterocycles. The first-order chi connectivity index (χ1) is 12.5. The molecule has 0 bridgehead atoms. The zero-order valence-corrected chi connectivity index (χ0v) is 15.3. The van der Waals surface area contributed by atoms with Gasteiger partial charge in [-0.3, -0.25) is 0 Å². The second-order valence-corrected chi connectivity index (χ2v) is 5.49. The van der Waals surface area contributed by atoms with Crippen LogP contribution in [0.25, 0.3) is 0 Å². The second-order valence-electron chi connectivity index (χ2n) is 5.49. The Kier molecular flexibility index (Phi) is 6.66. The van der Waals surface area contributed by atoms with E-state index in [0.29, 0.717) is 41.6 Å². The molecule has 0 atom stereocenters. The van der Waals surface area contributed by atoms with E-state index in [1.807, 2.05) is 6.92 Å². The van der Waals surface area contributed by atoms with Crippen LogP contribution in [0.5, 0.6) is 17.2 Å². The molecule has 0 heterocycles. The summed E-state index contributed by atoms with van der Waals surface area (Å²) >= 11 is 0. The highest BCUT2D eigenvalue weighted by molar-refractivity contribution is 5.90. The summed E-state index contributed by atoms with van der Waals surface area (Å²) in [6.45, 7) is 2.62. The number of rotatable bonds is 7. The minimum absolute atomic E-state index is 0.296. The van der Waals surface area contributed by atoms with Crippen LogP contribution < -0.4 is 19.5 Å². The van der Waals surface area contributed by atoms with Gasteiger partial charge >= 0.3 is 6.03 Å². The summed E-state index contributed by atoms with van der Waals surface area (Å²) in [4.78, 5) is 14.2. The van der Waals surface area contributed by atoms with Crippen molar-refractivity contribution in [3.05, 3.63) is 47.8 Å². The van der Waals surface area contributed by atoms with Gasteiger partial charge in [-0.1, -0.05) is 12.1 Å². The number of methoxy groups -OCH3 is 3. The van der Waals surface area contributed by atoms with Crippen molar-refractivity contribution in [2.75, 3.05) is 33.2 Å². The van der Waals surface area contributed by atoms with E-state index in [-0.39, 0.29) is 11.8 Å². The topological polar surface area (TPSA) is 60.0 Å². The first kappa shape index (κ1) is 19.4. The third kappa shape index (κ3) is 4.56. The van der Waals surface area contributed by atoms with Gasteiger partial charge in [0.15, 0.2) is 11.5 Å². The van der Waals surface area contributed by atoms with Crippen molar-refractivity contribution < 1.29 is 23.4 Å². The SMILES string of the molecule is CCN(Cc1cccc(F)c1)C(=O)Nc1cc(OC)c(OC)c(OC)c1. The highest BCUT2D eigenvalue weighted by Gasteiger charge is 2.17. The first-order valence-corrected chi connectivity index (χ1v) is 8.12. The monoisotopic (exact) mass is 362 g/mol. The summed E-state index contributed by atoms with van der Waals surface area (Å²) < 4.78 is 29.2. The van der Waals surface area contributed by atoms with Gasteiger partial charge in [-0.15, -0.1) is 0 Å². The highest BCUT2D eigenvalue weighted by Crippen LogP contribution is 2.39. The van der Waals surface area contributed by atoms with E-state index >= 15 is 0 Å². The molecule has 2 aromatic rings. The Balaban J connectivity index is 2.19. The Hall–Kier alpha value is -2.96. The van der Waals surface area contributed by atoms with Crippen molar-refractivity contribution in [3.8, 4) is 17.2 Å². The number of nitrogens with zero attached hydrogens (tertiary/aromatic N) is 1. The minimum atomic E-state index is -0.330. The second kappa shape index (κ2) is 8.94. The molecule has 2 amide bonds. The van der Waals surface area contributed by atoms with Gasteiger partial charge in [0, 0.05) is 25.2 Å². The lowest BCUT2D eigenvalue weighted by Gasteiger charge is -2.22. The van der Waals surface area contributed by atoms with Crippen LogP contribution in [0, 0.1) is 5.82 Å². The fraction of sp³-hybridized carbons (Fsp3) is 0.316. The largest absolute Gasteiger partial charge is 0.493 e. The summed E-state index contributed by atoms with van der Waals surface area (Å²) in [6.07, 6.45) is 0. The van der Waals surface area contributed by atoms with Crippen molar-refractivity contribution in [3.63, 3.8) is 0 Å². The number of anilines is 1. The number of benzene rings is 2. The molecule has 0 aliphatic heterocycles. The summed E-state index contributed by atoms with van der Waals surface area (Å²) in [6, 6.07) is 9.16. The van der Waals surface area contributed by atoms with Crippen LogP contribution >= 0.6 is 0 Å². The lowest BCUT2D eigenvalue weighted by molar-refractivity contribution is 0.212. The zero-order valence-electron chi connectivity index (χ0n) is 15.3. The van der Waals surface area contributed by atoms with E-state index < -0.39 is 0 Å². The summed E-state index contributed by atoms with van der Waals surface area (Å²) in [7, 11) is 4.52. The maximum atomic E-state index is 13.3. The molecule has 140 valence electrons. The van der Waals surface area contributed by atoms with Gasteiger partial charge in [-0.05, 0) is 24.6 Å². The molecule has 0 aliphatic carbocycles. The molecule has 7 heteroatoms. The molecular weight excluding hydrogens is 339 g/mol. The molecule has 0 fully saturated rings. The van der Waals surface area contributed by atoms with E-state index in [1.54, 1.807) is 29.2 Å². The van der Waals surface area contributed by atoms with Gasteiger partial charge in [-0.2, -0.15) is 0 Å². The van der Waals surface area contributed by atoms with E-state index in [1.165, 1.54) is 33.5 Å². The Morgan fingerprint density at radius 2 is 1.73 bits per heavy atom. The van der Waals surface area contributed by atoms with E-state index in [2.05, 4.69) is 5.32 Å². The number of urea groups is 1. The Morgan fingerprint density at radius 1 is 1.08 bits per heavy atom. The standard InChI is InChI=1S/C19H23FN2O4/c1-5-22(12-13-7-6-8-14(20)9-13)19(23)21-15-10-16(24-2)18(26-4)17(11-15)25-3/h6-11H,5,12H2,1-4H3,(H,21,23). The molecule has 0 unspecified atom stereocenters.